The van der Waals surface area contributed by atoms with Crippen LogP contribution in [0.3, 0.4) is 0 Å². The topological polar surface area (TPSA) is 62.5 Å². The fourth-order valence-electron chi connectivity index (χ4n) is 3.99. The summed E-state index contributed by atoms with van der Waals surface area (Å²) in [7, 11) is 0. The van der Waals surface area contributed by atoms with Crippen LogP contribution in [0.5, 0.6) is 0 Å². The van der Waals surface area contributed by atoms with Crippen molar-refractivity contribution in [3.8, 4) is 0 Å². The van der Waals surface area contributed by atoms with E-state index in [9.17, 15) is 4.79 Å². The highest BCUT2D eigenvalue weighted by atomic mass is 16.2. The Balaban J connectivity index is 1.36. The molecule has 1 atom stereocenters. The first-order valence-corrected chi connectivity index (χ1v) is 9.02. The molecule has 2 N–H and O–H groups in total. The van der Waals surface area contributed by atoms with E-state index in [2.05, 4.69) is 34.1 Å². The number of amides is 1. The van der Waals surface area contributed by atoms with Crippen LogP contribution < -0.4 is 5.73 Å². The molecule has 1 aliphatic heterocycles. The zero-order valence-electron chi connectivity index (χ0n) is 14.4. The van der Waals surface area contributed by atoms with Gasteiger partial charge in [0.15, 0.2) is 0 Å². The molecule has 130 valence electrons. The minimum atomic E-state index is 0.0566. The number of nitrogens with two attached hydrogens (primary N) is 1. The van der Waals surface area contributed by atoms with E-state index in [0.717, 1.165) is 39.0 Å². The zero-order valence-corrected chi connectivity index (χ0v) is 14.4. The number of anilines is 1. The molecule has 2 heterocycles. The molecule has 25 heavy (non-hydrogen) atoms. The number of hydrogen-bond donors (Lipinski definition) is 1. The number of nitrogens with zero attached hydrogens (tertiary/aromatic N) is 3. The van der Waals surface area contributed by atoms with Crippen molar-refractivity contribution in [2.75, 3.05) is 31.9 Å². The van der Waals surface area contributed by atoms with E-state index in [1.807, 2.05) is 4.90 Å². The Hall–Kier alpha value is -2.40. The van der Waals surface area contributed by atoms with Gasteiger partial charge in [0.05, 0.1) is 5.56 Å². The predicted octanol–water partition coefficient (Wildman–Crippen LogP) is 1.98. The molecular weight excluding hydrogens is 312 g/mol. The summed E-state index contributed by atoms with van der Waals surface area (Å²) in [6, 6.07) is 12.8. The van der Waals surface area contributed by atoms with Crippen LogP contribution in [-0.4, -0.2) is 52.9 Å². The van der Waals surface area contributed by atoms with Crippen molar-refractivity contribution in [1.82, 2.24) is 14.8 Å². The van der Waals surface area contributed by atoms with Crippen LogP contribution in [0, 0.1) is 0 Å². The average molecular weight is 336 g/mol. The summed E-state index contributed by atoms with van der Waals surface area (Å²) >= 11 is 0. The van der Waals surface area contributed by atoms with E-state index in [4.69, 9.17) is 5.73 Å². The largest absolute Gasteiger partial charge is 0.384 e. The number of fused-ring (bicyclic) bond motifs is 1. The van der Waals surface area contributed by atoms with E-state index in [0.29, 0.717) is 17.4 Å². The van der Waals surface area contributed by atoms with Gasteiger partial charge in [0.1, 0.15) is 5.82 Å². The number of carbonyl (C=O) groups is 1. The first kappa shape index (κ1) is 16.1. The van der Waals surface area contributed by atoms with E-state index in [-0.39, 0.29) is 5.91 Å². The summed E-state index contributed by atoms with van der Waals surface area (Å²) in [6.45, 7) is 3.45. The highest BCUT2D eigenvalue weighted by Gasteiger charge is 2.28. The molecule has 1 aromatic heterocycles. The Morgan fingerprint density at radius 2 is 1.80 bits per heavy atom. The van der Waals surface area contributed by atoms with Crippen LogP contribution in [0.15, 0.2) is 42.6 Å². The van der Waals surface area contributed by atoms with Crippen molar-refractivity contribution in [3.05, 3.63) is 59.3 Å². The van der Waals surface area contributed by atoms with Gasteiger partial charge < -0.3 is 10.6 Å². The molecule has 1 saturated heterocycles. The number of nitrogen functional groups attached to an aromatic ring is 1. The summed E-state index contributed by atoms with van der Waals surface area (Å²) in [6.07, 6.45) is 5.08. The minimum Gasteiger partial charge on any atom is -0.384 e. The minimum absolute atomic E-state index is 0.0566. The highest BCUT2D eigenvalue weighted by molar-refractivity contribution is 5.94. The SMILES string of the molecule is Nc1ccc(C(=O)N2CCN(C3CCc4ccccc4C3)CC2)cn1. The fraction of sp³-hybridized carbons (Fsp3) is 0.400. The second kappa shape index (κ2) is 6.84. The Morgan fingerprint density at radius 3 is 2.52 bits per heavy atom. The lowest BCUT2D eigenvalue weighted by Gasteiger charge is -2.41. The molecular formula is C20H24N4O. The van der Waals surface area contributed by atoms with E-state index < -0.39 is 0 Å². The Labute approximate surface area is 148 Å². The van der Waals surface area contributed by atoms with Gasteiger partial charge in [-0.25, -0.2) is 4.98 Å². The maximum atomic E-state index is 12.6. The van der Waals surface area contributed by atoms with Crippen molar-refractivity contribution >= 4 is 11.7 Å². The van der Waals surface area contributed by atoms with Crippen LogP contribution in [-0.2, 0) is 12.8 Å². The van der Waals surface area contributed by atoms with Gasteiger partial charge in [0, 0.05) is 38.4 Å². The smallest absolute Gasteiger partial charge is 0.255 e. The molecule has 1 unspecified atom stereocenters. The fourth-order valence-corrected chi connectivity index (χ4v) is 3.99. The van der Waals surface area contributed by atoms with Crippen LogP contribution in [0.1, 0.15) is 27.9 Å². The molecule has 1 aliphatic carbocycles. The molecule has 2 aliphatic rings. The van der Waals surface area contributed by atoms with Crippen molar-refractivity contribution in [2.24, 2.45) is 0 Å². The molecule has 0 bridgehead atoms. The van der Waals surface area contributed by atoms with Gasteiger partial charge >= 0.3 is 0 Å². The number of aromatic nitrogens is 1. The van der Waals surface area contributed by atoms with E-state index in [1.165, 1.54) is 17.5 Å². The van der Waals surface area contributed by atoms with E-state index >= 15 is 0 Å². The maximum Gasteiger partial charge on any atom is 0.255 e. The Morgan fingerprint density at radius 1 is 1.04 bits per heavy atom. The van der Waals surface area contributed by atoms with Gasteiger partial charge in [-0.1, -0.05) is 24.3 Å². The number of piperazine rings is 1. The highest BCUT2D eigenvalue weighted by Crippen LogP contribution is 2.25. The third kappa shape index (κ3) is 3.37. The van der Waals surface area contributed by atoms with Gasteiger partial charge in [0.2, 0.25) is 0 Å². The maximum absolute atomic E-state index is 12.6. The number of rotatable bonds is 2. The lowest BCUT2D eigenvalue weighted by atomic mass is 9.87. The molecule has 5 heteroatoms. The zero-order chi connectivity index (χ0) is 17.2. The monoisotopic (exact) mass is 336 g/mol. The predicted molar refractivity (Wildman–Crippen MR) is 98.4 cm³/mol. The lowest BCUT2D eigenvalue weighted by Crippen LogP contribution is -2.53. The van der Waals surface area contributed by atoms with Crippen molar-refractivity contribution < 1.29 is 4.79 Å². The first-order valence-electron chi connectivity index (χ1n) is 9.02. The van der Waals surface area contributed by atoms with Crippen LogP contribution >= 0.6 is 0 Å². The summed E-state index contributed by atoms with van der Waals surface area (Å²) in [5.41, 5.74) is 9.21. The second-order valence-corrected chi connectivity index (χ2v) is 6.97. The van der Waals surface area contributed by atoms with Crippen LogP contribution in [0.25, 0.3) is 0 Å². The number of benzene rings is 1. The summed E-state index contributed by atoms with van der Waals surface area (Å²) in [4.78, 5) is 21.1. The third-order valence-corrected chi connectivity index (χ3v) is 5.47. The lowest BCUT2D eigenvalue weighted by molar-refractivity contribution is 0.0552. The van der Waals surface area contributed by atoms with Crippen molar-refractivity contribution in [2.45, 2.75) is 25.3 Å². The third-order valence-electron chi connectivity index (χ3n) is 5.47. The second-order valence-electron chi connectivity index (χ2n) is 6.97. The Bertz CT molecular complexity index is 751. The molecule has 0 spiro atoms. The van der Waals surface area contributed by atoms with E-state index in [1.54, 1.807) is 18.3 Å². The number of carbonyl (C=O) groups excluding carboxylic acids is 1. The molecule has 5 nitrogen and oxygen atoms in total. The van der Waals surface area contributed by atoms with Gasteiger partial charge in [0.25, 0.3) is 5.91 Å². The standard InChI is InChI=1S/C20H24N4O/c21-19-8-6-17(14-22-19)20(25)24-11-9-23(10-12-24)18-7-5-15-3-1-2-4-16(15)13-18/h1-4,6,8,14,18H,5,7,9-13H2,(H2,21,22). The number of aryl methyl sites for hydroxylation is 1. The molecule has 2 aromatic rings. The molecule has 1 fully saturated rings. The number of pyridine rings is 1. The van der Waals surface area contributed by atoms with Gasteiger partial charge in [-0.15, -0.1) is 0 Å². The summed E-state index contributed by atoms with van der Waals surface area (Å²) in [5, 5.41) is 0. The van der Waals surface area contributed by atoms with Gasteiger partial charge in [-0.2, -0.15) is 0 Å². The molecule has 1 aromatic carbocycles. The number of hydrogen-bond acceptors (Lipinski definition) is 4. The average Bonchev–Trinajstić information content (AvgIpc) is 2.68. The summed E-state index contributed by atoms with van der Waals surface area (Å²) < 4.78 is 0. The van der Waals surface area contributed by atoms with Crippen LogP contribution in [0.2, 0.25) is 0 Å². The molecule has 1 amide bonds. The van der Waals surface area contributed by atoms with Crippen LogP contribution in [0.4, 0.5) is 5.82 Å². The van der Waals surface area contributed by atoms with Crippen molar-refractivity contribution in [3.63, 3.8) is 0 Å². The van der Waals surface area contributed by atoms with Gasteiger partial charge in [-0.05, 0) is 42.5 Å². The van der Waals surface area contributed by atoms with Crippen molar-refractivity contribution in [1.29, 1.82) is 0 Å². The molecule has 4 rings (SSSR count). The first-order chi connectivity index (χ1) is 12.2. The Kier molecular flexibility index (Phi) is 4.40. The van der Waals surface area contributed by atoms with Gasteiger partial charge in [-0.3, -0.25) is 9.69 Å². The normalized spacial score (nSPS) is 21.0. The quantitative estimate of drug-likeness (QED) is 0.911. The molecule has 0 saturated carbocycles. The molecule has 0 radical (unpaired) electrons. The summed E-state index contributed by atoms with van der Waals surface area (Å²) in [5.74, 6) is 0.500.